The van der Waals surface area contributed by atoms with Gasteiger partial charge < -0.3 is 9.64 Å². The minimum absolute atomic E-state index is 0.0718. The van der Waals surface area contributed by atoms with Gasteiger partial charge in [-0.05, 0) is 49.9 Å². The highest BCUT2D eigenvalue weighted by Crippen LogP contribution is 2.37. The zero-order chi connectivity index (χ0) is 21.9. The van der Waals surface area contributed by atoms with E-state index in [-0.39, 0.29) is 38.1 Å². The van der Waals surface area contributed by atoms with Crippen molar-refractivity contribution in [1.29, 1.82) is 0 Å². The van der Waals surface area contributed by atoms with Gasteiger partial charge in [0.25, 0.3) is 5.91 Å². The maximum Gasteiger partial charge on any atom is 0.314 e. The van der Waals surface area contributed by atoms with Gasteiger partial charge in [0.1, 0.15) is 28.8 Å². The van der Waals surface area contributed by atoms with Crippen LogP contribution in [0.25, 0.3) is 0 Å². The first kappa shape index (κ1) is 21.8. The quantitative estimate of drug-likeness (QED) is 0.533. The molecule has 0 unspecified atom stereocenters. The molecule has 1 atom stereocenters. The molecule has 0 N–H and O–H groups in total. The lowest BCUT2D eigenvalue weighted by Gasteiger charge is -2.41. The molecule has 160 valence electrons. The number of hydrogen-bond acceptors (Lipinski definition) is 3. The Morgan fingerprint density at radius 1 is 1.07 bits per heavy atom. The van der Waals surface area contributed by atoms with Crippen LogP contribution in [0.5, 0.6) is 0 Å². The van der Waals surface area contributed by atoms with Gasteiger partial charge in [-0.1, -0.05) is 12.1 Å². The number of carbonyl (C=O) groups is 2. The van der Waals surface area contributed by atoms with Gasteiger partial charge >= 0.3 is 5.97 Å². The van der Waals surface area contributed by atoms with Gasteiger partial charge in [-0.25, -0.2) is 17.6 Å². The molecule has 0 radical (unpaired) electrons. The van der Waals surface area contributed by atoms with Gasteiger partial charge in [0.05, 0.1) is 12.0 Å². The van der Waals surface area contributed by atoms with Crippen LogP contribution in [0.15, 0.2) is 36.4 Å². The fourth-order valence-electron chi connectivity index (χ4n) is 3.86. The van der Waals surface area contributed by atoms with Crippen molar-refractivity contribution in [2.75, 3.05) is 19.7 Å². The normalized spacial score (nSPS) is 18.9. The summed E-state index contributed by atoms with van der Waals surface area (Å²) in [4.78, 5) is 26.9. The van der Waals surface area contributed by atoms with E-state index in [0.717, 1.165) is 24.3 Å². The van der Waals surface area contributed by atoms with E-state index in [9.17, 15) is 27.2 Å². The van der Waals surface area contributed by atoms with Crippen molar-refractivity contribution in [3.05, 3.63) is 70.8 Å². The number of ether oxygens (including phenoxy) is 1. The molecule has 2 aromatic carbocycles. The topological polar surface area (TPSA) is 46.6 Å². The van der Waals surface area contributed by atoms with E-state index in [2.05, 4.69) is 0 Å². The van der Waals surface area contributed by atoms with Crippen LogP contribution in [0.1, 0.15) is 35.7 Å². The van der Waals surface area contributed by atoms with Crippen molar-refractivity contribution in [2.24, 2.45) is 5.41 Å². The molecule has 8 heteroatoms. The number of hydrogen-bond donors (Lipinski definition) is 0. The molecular formula is C22H21F4NO3. The zero-order valence-electron chi connectivity index (χ0n) is 16.4. The van der Waals surface area contributed by atoms with Crippen LogP contribution >= 0.6 is 0 Å². The Morgan fingerprint density at radius 3 is 2.40 bits per heavy atom. The van der Waals surface area contributed by atoms with Gasteiger partial charge in [0, 0.05) is 19.2 Å². The van der Waals surface area contributed by atoms with Crippen molar-refractivity contribution in [2.45, 2.75) is 26.2 Å². The number of rotatable bonds is 5. The number of halogens is 4. The molecule has 0 spiro atoms. The second kappa shape index (κ2) is 8.85. The van der Waals surface area contributed by atoms with E-state index >= 15 is 0 Å². The van der Waals surface area contributed by atoms with E-state index in [1.807, 2.05) is 0 Å². The molecule has 0 aliphatic carbocycles. The molecule has 1 fully saturated rings. The third kappa shape index (κ3) is 4.32. The van der Waals surface area contributed by atoms with Gasteiger partial charge in [-0.2, -0.15) is 0 Å². The fourth-order valence-corrected chi connectivity index (χ4v) is 3.86. The number of carbonyl (C=O) groups excluding carboxylic acids is 2. The van der Waals surface area contributed by atoms with Crippen LogP contribution < -0.4 is 0 Å². The van der Waals surface area contributed by atoms with Crippen molar-refractivity contribution >= 4 is 11.9 Å². The molecule has 30 heavy (non-hydrogen) atoms. The lowest BCUT2D eigenvalue weighted by atomic mass is 9.74. The van der Waals surface area contributed by atoms with Crippen LogP contribution in [0.2, 0.25) is 0 Å². The van der Waals surface area contributed by atoms with E-state index in [4.69, 9.17) is 4.74 Å². The Kier molecular flexibility index (Phi) is 6.43. The maximum atomic E-state index is 14.3. The van der Waals surface area contributed by atoms with Crippen molar-refractivity contribution in [3.63, 3.8) is 0 Å². The molecule has 1 aliphatic heterocycles. The zero-order valence-corrected chi connectivity index (χ0v) is 16.4. The van der Waals surface area contributed by atoms with Crippen LogP contribution in [-0.2, 0) is 16.0 Å². The Morgan fingerprint density at radius 2 is 1.77 bits per heavy atom. The highest BCUT2D eigenvalue weighted by molar-refractivity contribution is 5.95. The molecule has 2 aromatic rings. The third-order valence-electron chi connectivity index (χ3n) is 5.29. The Balaban J connectivity index is 1.95. The second-order valence-electron chi connectivity index (χ2n) is 7.34. The Bertz CT molecular complexity index is 945. The molecule has 0 aromatic heterocycles. The molecule has 0 saturated carbocycles. The molecule has 1 heterocycles. The summed E-state index contributed by atoms with van der Waals surface area (Å²) in [5.74, 6) is -5.10. The predicted molar refractivity (Wildman–Crippen MR) is 101 cm³/mol. The predicted octanol–water partition coefficient (Wildman–Crippen LogP) is 4.27. The SMILES string of the molecule is CCOC(=O)[C@]1(Cc2ccc(F)cc2F)CCCN(C(=O)c2c(F)cccc2F)C1. The summed E-state index contributed by atoms with van der Waals surface area (Å²) in [7, 11) is 0. The summed E-state index contributed by atoms with van der Waals surface area (Å²) in [5.41, 5.74) is -1.93. The van der Waals surface area contributed by atoms with Crippen molar-refractivity contribution in [3.8, 4) is 0 Å². The Hall–Kier alpha value is -2.90. The molecular weight excluding hydrogens is 402 g/mol. The fraction of sp³-hybridized carbons (Fsp3) is 0.364. The summed E-state index contributed by atoms with van der Waals surface area (Å²) < 4.78 is 60.9. The van der Waals surface area contributed by atoms with E-state index < -0.39 is 46.1 Å². The van der Waals surface area contributed by atoms with Crippen LogP contribution in [0.4, 0.5) is 17.6 Å². The first-order valence-corrected chi connectivity index (χ1v) is 9.62. The molecule has 4 nitrogen and oxygen atoms in total. The number of esters is 1. The molecule has 0 bridgehead atoms. The van der Waals surface area contributed by atoms with Crippen molar-refractivity contribution in [1.82, 2.24) is 4.90 Å². The molecule has 1 aliphatic rings. The number of amides is 1. The first-order chi connectivity index (χ1) is 14.3. The molecule has 1 saturated heterocycles. The summed E-state index contributed by atoms with van der Waals surface area (Å²) in [6.45, 7) is 1.67. The smallest absolute Gasteiger partial charge is 0.314 e. The second-order valence-corrected chi connectivity index (χ2v) is 7.34. The molecule has 1 amide bonds. The average Bonchev–Trinajstić information content (AvgIpc) is 2.70. The number of piperidine rings is 1. The summed E-state index contributed by atoms with van der Waals surface area (Å²) >= 11 is 0. The number of likely N-dealkylation sites (tertiary alicyclic amines) is 1. The van der Waals surface area contributed by atoms with Crippen LogP contribution in [-0.4, -0.2) is 36.5 Å². The summed E-state index contributed by atoms with van der Waals surface area (Å²) in [6.07, 6.45) is 0.497. The van der Waals surface area contributed by atoms with Crippen LogP contribution in [0.3, 0.4) is 0 Å². The molecule has 3 rings (SSSR count). The number of nitrogens with zero attached hydrogens (tertiary/aromatic N) is 1. The van der Waals surface area contributed by atoms with Gasteiger partial charge in [-0.15, -0.1) is 0 Å². The maximum absolute atomic E-state index is 14.3. The van der Waals surface area contributed by atoms with Gasteiger partial charge in [0.2, 0.25) is 0 Å². The largest absolute Gasteiger partial charge is 0.466 e. The van der Waals surface area contributed by atoms with Gasteiger partial charge in [0.15, 0.2) is 0 Å². The van der Waals surface area contributed by atoms with Gasteiger partial charge in [-0.3, -0.25) is 9.59 Å². The van der Waals surface area contributed by atoms with E-state index in [0.29, 0.717) is 12.5 Å². The number of benzene rings is 2. The minimum atomic E-state index is -1.32. The highest BCUT2D eigenvalue weighted by Gasteiger charge is 2.45. The highest BCUT2D eigenvalue weighted by atomic mass is 19.1. The summed E-state index contributed by atoms with van der Waals surface area (Å²) in [6, 6.07) is 6.15. The van der Waals surface area contributed by atoms with E-state index in [1.165, 1.54) is 11.0 Å². The summed E-state index contributed by atoms with van der Waals surface area (Å²) in [5, 5.41) is 0. The lowest BCUT2D eigenvalue weighted by Crippen LogP contribution is -2.52. The standard InChI is InChI=1S/C22H21F4NO3/c1-2-30-21(29)22(12-14-7-8-15(23)11-18(14)26)9-4-10-27(13-22)20(28)19-16(24)5-3-6-17(19)25/h3,5-8,11H,2,4,9-10,12-13H2,1H3/t22-/m0/s1. The van der Waals surface area contributed by atoms with E-state index in [1.54, 1.807) is 6.92 Å². The first-order valence-electron chi connectivity index (χ1n) is 9.62. The Labute approximate surface area is 171 Å². The monoisotopic (exact) mass is 423 g/mol. The minimum Gasteiger partial charge on any atom is -0.466 e. The third-order valence-corrected chi connectivity index (χ3v) is 5.29. The average molecular weight is 423 g/mol. The van der Waals surface area contributed by atoms with Crippen LogP contribution in [0, 0.1) is 28.7 Å². The van der Waals surface area contributed by atoms with Crippen molar-refractivity contribution < 1.29 is 31.9 Å². The lowest BCUT2D eigenvalue weighted by molar-refractivity contribution is -0.158.